The summed E-state index contributed by atoms with van der Waals surface area (Å²) in [5.74, 6) is -0.239. The molecule has 200 valence electrons. The maximum atomic E-state index is 12.7. The summed E-state index contributed by atoms with van der Waals surface area (Å²) in [7, 11) is 0. The number of aryl methyl sites for hydroxylation is 1. The lowest BCUT2D eigenvalue weighted by Gasteiger charge is -2.38. The zero-order valence-corrected chi connectivity index (χ0v) is 24.2. The second kappa shape index (κ2) is 13.1. The lowest BCUT2D eigenvalue weighted by molar-refractivity contribution is -0.126. The van der Waals surface area contributed by atoms with Gasteiger partial charge in [0.05, 0.1) is 5.56 Å². The van der Waals surface area contributed by atoms with Crippen LogP contribution in [-0.4, -0.2) is 28.4 Å². The Balaban J connectivity index is 2.43. The Kier molecular flexibility index (Phi) is 10.8. The molecule has 0 fully saturated rings. The molecule has 37 heavy (non-hydrogen) atoms. The summed E-state index contributed by atoms with van der Waals surface area (Å²) < 4.78 is 0. The van der Waals surface area contributed by atoms with Gasteiger partial charge in [0.25, 0.3) is 0 Å². The molecule has 0 saturated carbocycles. The van der Waals surface area contributed by atoms with Crippen molar-refractivity contribution in [1.29, 1.82) is 0 Å². The minimum atomic E-state index is -0.950. The third-order valence-corrected chi connectivity index (χ3v) is 7.57. The summed E-state index contributed by atoms with van der Waals surface area (Å²) >= 11 is 6.76. The van der Waals surface area contributed by atoms with Crippen molar-refractivity contribution in [2.75, 3.05) is 6.54 Å². The standard InChI is InChI=1S/C32H42ClNO3/c1-21(2)9-12-26-15-16-28(19-30(26)33)32(8,23(5)6)29(22(3)4)20-34(24(7)35)18-17-25-10-13-27(14-11-25)31(36)37/h10-11,13-16,19-22H,5,9,12,17-18H2,1-4,6-8H3,(H,36,37)/b29-20-/t32-/m0/s1. The average Bonchev–Trinajstić information content (AvgIpc) is 2.82. The van der Waals surface area contributed by atoms with Gasteiger partial charge in [-0.1, -0.05) is 75.7 Å². The van der Waals surface area contributed by atoms with Crippen molar-refractivity contribution in [1.82, 2.24) is 4.90 Å². The van der Waals surface area contributed by atoms with Gasteiger partial charge in [0, 0.05) is 30.1 Å². The number of aromatic carboxylic acids is 1. The molecule has 2 rings (SSSR count). The number of rotatable bonds is 12. The van der Waals surface area contributed by atoms with Gasteiger partial charge < -0.3 is 10.0 Å². The first-order valence-corrected chi connectivity index (χ1v) is 13.4. The Morgan fingerprint density at radius 3 is 2.14 bits per heavy atom. The number of amides is 1. The Bertz CT molecular complexity index is 1150. The van der Waals surface area contributed by atoms with Crippen molar-refractivity contribution in [3.8, 4) is 0 Å². The van der Waals surface area contributed by atoms with Crippen LogP contribution in [0, 0.1) is 11.8 Å². The van der Waals surface area contributed by atoms with Crippen LogP contribution >= 0.6 is 11.6 Å². The van der Waals surface area contributed by atoms with Crippen LogP contribution in [0.5, 0.6) is 0 Å². The van der Waals surface area contributed by atoms with Crippen LogP contribution in [0.2, 0.25) is 5.02 Å². The Hall–Kier alpha value is -2.85. The van der Waals surface area contributed by atoms with Gasteiger partial charge in [0.1, 0.15) is 0 Å². The Morgan fingerprint density at radius 2 is 1.68 bits per heavy atom. The van der Waals surface area contributed by atoms with Gasteiger partial charge in [0.2, 0.25) is 5.91 Å². The van der Waals surface area contributed by atoms with Gasteiger partial charge in [-0.25, -0.2) is 4.79 Å². The molecule has 0 saturated heterocycles. The first-order valence-electron chi connectivity index (χ1n) is 13.0. The zero-order valence-electron chi connectivity index (χ0n) is 23.4. The molecule has 4 nitrogen and oxygen atoms in total. The molecule has 5 heteroatoms. The summed E-state index contributed by atoms with van der Waals surface area (Å²) in [6, 6.07) is 13.1. The van der Waals surface area contributed by atoms with E-state index in [2.05, 4.69) is 59.4 Å². The van der Waals surface area contributed by atoms with Crippen LogP contribution in [0.3, 0.4) is 0 Å². The molecular formula is C32H42ClNO3. The first-order chi connectivity index (χ1) is 17.3. The smallest absolute Gasteiger partial charge is 0.335 e. The highest BCUT2D eigenvalue weighted by Gasteiger charge is 2.35. The number of benzene rings is 2. The van der Waals surface area contributed by atoms with Crippen LogP contribution in [0.4, 0.5) is 0 Å². The molecule has 0 unspecified atom stereocenters. The monoisotopic (exact) mass is 523 g/mol. The fraction of sp³-hybridized carbons (Fsp3) is 0.438. The van der Waals surface area contributed by atoms with Crippen molar-refractivity contribution in [3.05, 3.63) is 93.7 Å². The quantitative estimate of drug-likeness (QED) is 0.286. The molecule has 0 aliphatic carbocycles. The van der Waals surface area contributed by atoms with E-state index in [4.69, 9.17) is 16.7 Å². The highest BCUT2D eigenvalue weighted by molar-refractivity contribution is 6.31. The van der Waals surface area contributed by atoms with E-state index in [1.54, 1.807) is 36.1 Å². The Labute approximate surface area is 228 Å². The second-order valence-corrected chi connectivity index (χ2v) is 11.3. The Morgan fingerprint density at radius 1 is 1.05 bits per heavy atom. The summed E-state index contributed by atoms with van der Waals surface area (Å²) in [5, 5.41) is 9.90. The van der Waals surface area contributed by atoms with Gasteiger partial charge in [-0.3, -0.25) is 4.79 Å². The maximum Gasteiger partial charge on any atom is 0.335 e. The predicted octanol–water partition coefficient (Wildman–Crippen LogP) is 8.09. The molecule has 0 aliphatic rings. The van der Waals surface area contributed by atoms with E-state index in [0.29, 0.717) is 18.9 Å². The van der Waals surface area contributed by atoms with E-state index in [1.165, 1.54) is 0 Å². The highest BCUT2D eigenvalue weighted by Crippen LogP contribution is 2.43. The van der Waals surface area contributed by atoms with Crippen LogP contribution in [0.25, 0.3) is 0 Å². The molecule has 0 aliphatic heterocycles. The number of carboxylic acid groups (broad SMARTS) is 1. The largest absolute Gasteiger partial charge is 0.478 e. The third kappa shape index (κ3) is 7.82. The molecule has 2 aromatic carbocycles. The van der Waals surface area contributed by atoms with E-state index in [1.807, 2.05) is 13.1 Å². The number of carboxylic acids is 1. The number of halogens is 1. The van der Waals surface area contributed by atoms with Gasteiger partial charge >= 0.3 is 5.97 Å². The summed E-state index contributed by atoms with van der Waals surface area (Å²) in [5.41, 5.74) is 4.99. The molecule has 0 aromatic heterocycles. The number of nitrogens with zero attached hydrogens (tertiary/aromatic N) is 1. The molecule has 1 atom stereocenters. The number of hydrogen-bond acceptors (Lipinski definition) is 2. The number of carbonyl (C=O) groups excluding carboxylic acids is 1. The predicted molar refractivity (Wildman–Crippen MR) is 154 cm³/mol. The topological polar surface area (TPSA) is 57.6 Å². The lowest BCUT2D eigenvalue weighted by atomic mass is 9.68. The van der Waals surface area contributed by atoms with E-state index in [0.717, 1.165) is 45.7 Å². The van der Waals surface area contributed by atoms with E-state index < -0.39 is 11.4 Å². The minimum absolute atomic E-state index is 0.0496. The molecule has 0 heterocycles. The van der Waals surface area contributed by atoms with E-state index in [-0.39, 0.29) is 17.4 Å². The first kappa shape index (κ1) is 30.4. The third-order valence-electron chi connectivity index (χ3n) is 7.22. The highest BCUT2D eigenvalue weighted by atomic mass is 35.5. The van der Waals surface area contributed by atoms with Crippen LogP contribution in [-0.2, 0) is 23.1 Å². The SMILES string of the molecule is C=C(C)[C@](C)(/C(=C\N(CCc1ccc(C(=O)O)cc1)C(C)=O)C(C)C)c1ccc(CCC(C)C)c(Cl)c1. The second-order valence-electron chi connectivity index (χ2n) is 10.8. The van der Waals surface area contributed by atoms with Crippen molar-refractivity contribution in [3.63, 3.8) is 0 Å². The van der Waals surface area contributed by atoms with Gasteiger partial charge in [-0.2, -0.15) is 0 Å². The van der Waals surface area contributed by atoms with Crippen molar-refractivity contribution in [2.24, 2.45) is 11.8 Å². The normalized spacial score (nSPS) is 13.5. The zero-order chi connectivity index (χ0) is 27.9. The van der Waals surface area contributed by atoms with Crippen LogP contribution in [0.1, 0.15) is 81.9 Å². The van der Waals surface area contributed by atoms with Crippen molar-refractivity contribution < 1.29 is 14.7 Å². The van der Waals surface area contributed by atoms with Gasteiger partial charge in [-0.05, 0) is 85.4 Å². The van der Waals surface area contributed by atoms with Gasteiger partial charge in [0.15, 0.2) is 0 Å². The molecule has 0 radical (unpaired) electrons. The summed E-state index contributed by atoms with van der Waals surface area (Å²) in [4.78, 5) is 25.6. The number of carbonyl (C=O) groups is 2. The fourth-order valence-electron chi connectivity index (χ4n) is 4.56. The van der Waals surface area contributed by atoms with Crippen molar-refractivity contribution >= 4 is 23.5 Å². The molecule has 0 spiro atoms. The fourth-order valence-corrected chi connectivity index (χ4v) is 4.84. The van der Waals surface area contributed by atoms with Crippen molar-refractivity contribution in [2.45, 2.75) is 73.1 Å². The summed E-state index contributed by atoms with van der Waals surface area (Å²) in [6.07, 6.45) is 4.62. The van der Waals surface area contributed by atoms with E-state index >= 15 is 0 Å². The van der Waals surface area contributed by atoms with Crippen LogP contribution < -0.4 is 0 Å². The number of hydrogen-bond donors (Lipinski definition) is 1. The molecular weight excluding hydrogens is 482 g/mol. The maximum absolute atomic E-state index is 12.7. The van der Waals surface area contributed by atoms with Crippen LogP contribution in [0.15, 0.2) is 66.4 Å². The van der Waals surface area contributed by atoms with Gasteiger partial charge in [-0.15, -0.1) is 0 Å². The average molecular weight is 524 g/mol. The minimum Gasteiger partial charge on any atom is -0.478 e. The molecule has 2 aromatic rings. The molecule has 0 bridgehead atoms. The molecule has 1 N–H and O–H groups in total. The lowest BCUT2D eigenvalue weighted by Crippen LogP contribution is -2.33. The van der Waals surface area contributed by atoms with E-state index in [9.17, 15) is 9.59 Å². The number of allylic oxidation sites excluding steroid dienone is 2. The summed E-state index contributed by atoms with van der Waals surface area (Å²) in [6.45, 7) is 19.3. The molecule has 1 amide bonds.